The van der Waals surface area contributed by atoms with Crippen molar-refractivity contribution >= 4 is 17.6 Å². The monoisotopic (exact) mass is 395 g/mol. The van der Waals surface area contributed by atoms with E-state index in [2.05, 4.69) is 10.6 Å². The van der Waals surface area contributed by atoms with Crippen LogP contribution in [0.25, 0.3) is 0 Å². The molecule has 2 N–H and O–H groups in total. The summed E-state index contributed by atoms with van der Waals surface area (Å²) in [6.45, 7) is 6.73. The average Bonchev–Trinajstić information content (AvgIpc) is 3.15. The molecule has 6 nitrogen and oxygen atoms in total. The summed E-state index contributed by atoms with van der Waals surface area (Å²) in [6, 6.07) is 15.3. The fraction of sp³-hybridized carbons (Fsp3) is 0.391. The zero-order valence-corrected chi connectivity index (χ0v) is 17.4. The highest BCUT2D eigenvalue weighted by Crippen LogP contribution is 2.34. The topological polar surface area (TPSA) is 70.7 Å². The summed E-state index contributed by atoms with van der Waals surface area (Å²) in [5, 5.41) is 5.94. The second-order valence-electron chi connectivity index (χ2n) is 7.85. The maximum Gasteiger partial charge on any atom is 0.321 e. The van der Waals surface area contributed by atoms with Gasteiger partial charge in [-0.15, -0.1) is 0 Å². The van der Waals surface area contributed by atoms with Crippen molar-refractivity contribution in [1.82, 2.24) is 10.2 Å². The van der Waals surface area contributed by atoms with Gasteiger partial charge >= 0.3 is 6.03 Å². The van der Waals surface area contributed by atoms with E-state index < -0.39 is 0 Å². The van der Waals surface area contributed by atoms with Gasteiger partial charge in [-0.25, -0.2) is 4.79 Å². The molecule has 154 valence electrons. The lowest BCUT2D eigenvalue weighted by Crippen LogP contribution is -2.39. The number of carbonyl (C=O) groups excluding carboxylic acids is 2. The van der Waals surface area contributed by atoms with Crippen molar-refractivity contribution in [2.45, 2.75) is 32.7 Å². The highest BCUT2D eigenvalue weighted by molar-refractivity contribution is 5.91. The van der Waals surface area contributed by atoms with Crippen LogP contribution in [-0.2, 0) is 4.79 Å². The first-order valence-electron chi connectivity index (χ1n) is 9.94. The molecule has 1 aliphatic rings. The maximum absolute atomic E-state index is 12.9. The minimum absolute atomic E-state index is 0.0292. The maximum atomic E-state index is 12.9. The van der Waals surface area contributed by atoms with Crippen LogP contribution < -0.4 is 15.4 Å². The third kappa shape index (κ3) is 5.08. The first-order chi connectivity index (χ1) is 13.9. The van der Waals surface area contributed by atoms with Crippen LogP contribution in [0.2, 0.25) is 0 Å². The lowest BCUT2D eigenvalue weighted by Gasteiger charge is -2.20. The van der Waals surface area contributed by atoms with Crippen LogP contribution in [0.4, 0.5) is 10.5 Å². The Labute approximate surface area is 172 Å². The van der Waals surface area contributed by atoms with E-state index in [1.54, 1.807) is 12.0 Å². The van der Waals surface area contributed by atoms with Crippen molar-refractivity contribution in [2.75, 3.05) is 25.5 Å². The molecular formula is C23H29N3O3. The Morgan fingerprint density at radius 3 is 2.48 bits per heavy atom. The van der Waals surface area contributed by atoms with Crippen molar-refractivity contribution in [3.05, 3.63) is 59.7 Å². The van der Waals surface area contributed by atoms with Gasteiger partial charge in [-0.05, 0) is 50.6 Å². The van der Waals surface area contributed by atoms with Crippen LogP contribution in [0.3, 0.4) is 0 Å². The lowest BCUT2D eigenvalue weighted by molar-refractivity contribution is -0.125. The fourth-order valence-electron chi connectivity index (χ4n) is 3.68. The number of hydrogen-bond donors (Lipinski definition) is 2. The fourth-order valence-corrected chi connectivity index (χ4v) is 3.68. The largest absolute Gasteiger partial charge is 0.497 e. The quantitative estimate of drug-likeness (QED) is 0.809. The van der Waals surface area contributed by atoms with E-state index in [0.29, 0.717) is 13.1 Å². The number of benzene rings is 2. The Balaban J connectivity index is 1.80. The third-order valence-corrected chi connectivity index (χ3v) is 5.20. The normalized spacial score (nSPS) is 18.6. The molecule has 0 saturated carbocycles. The molecule has 0 bridgehead atoms. The number of rotatable bonds is 5. The minimum atomic E-state index is -0.312. The standard InChI is InChI=1S/C23H29N3O3/c1-15(2)24-22(27)21-14-26(23(28)25-18-10-8-16(3)9-11-18)13-20(21)17-6-5-7-19(12-17)29-4/h5-12,15,20-21H,13-14H2,1-4H3,(H,24,27)(H,25,28)/t20-,21-/m1/s1. The Hall–Kier alpha value is -3.02. The van der Waals surface area contributed by atoms with E-state index in [9.17, 15) is 9.59 Å². The van der Waals surface area contributed by atoms with Crippen LogP contribution in [0.1, 0.15) is 30.9 Å². The van der Waals surface area contributed by atoms with Crippen LogP contribution in [0, 0.1) is 12.8 Å². The van der Waals surface area contributed by atoms with Crippen molar-refractivity contribution in [2.24, 2.45) is 5.92 Å². The van der Waals surface area contributed by atoms with Gasteiger partial charge in [0.1, 0.15) is 5.75 Å². The number of anilines is 1. The molecule has 0 spiro atoms. The molecule has 1 aliphatic heterocycles. The zero-order chi connectivity index (χ0) is 21.0. The van der Waals surface area contributed by atoms with Gasteiger partial charge in [0.25, 0.3) is 0 Å². The zero-order valence-electron chi connectivity index (χ0n) is 17.4. The number of nitrogens with one attached hydrogen (secondary N) is 2. The van der Waals surface area contributed by atoms with E-state index in [-0.39, 0.29) is 29.8 Å². The van der Waals surface area contributed by atoms with Crippen molar-refractivity contribution in [3.63, 3.8) is 0 Å². The molecule has 29 heavy (non-hydrogen) atoms. The Morgan fingerprint density at radius 2 is 1.83 bits per heavy atom. The number of hydrogen-bond acceptors (Lipinski definition) is 3. The Kier molecular flexibility index (Phi) is 6.42. The second-order valence-corrected chi connectivity index (χ2v) is 7.85. The van der Waals surface area contributed by atoms with E-state index >= 15 is 0 Å². The highest BCUT2D eigenvalue weighted by atomic mass is 16.5. The van der Waals surface area contributed by atoms with E-state index in [0.717, 1.165) is 22.6 Å². The average molecular weight is 396 g/mol. The van der Waals surface area contributed by atoms with Crippen LogP contribution in [0.5, 0.6) is 5.75 Å². The Bertz CT molecular complexity index is 864. The number of aryl methyl sites for hydroxylation is 1. The molecule has 0 aliphatic carbocycles. The molecule has 2 aromatic rings. The molecular weight excluding hydrogens is 366 g/mol. The van der Waals surface area contributed by atoms with Gasteiger partial charge in [-0.3, -0.25) is 4.79 Å². The number of urea groups is 1. The second kappa shape index (κ2) is 8.99. The first-order valence-corrected chi connectivity index (χ1v) is 9.94. The molecule has 1 heterocycles. The molecule has 3 rings (SSSR count). The number of ether oxygens (including phenoxy) is 1. The predicted octanol–water partition coefficient (Wildman–Crippen LogP) is 3.78. The van der Waals surface area contributed by atoms with Gasteiger partial charge in [0.15, 0.2) is 0 Å². The van der Waals surface area contributed by atoms with Crippen LogP contribution in [0.15, 0.2) is 48.5 Å². The van der Waals surface area contributed by atoms with Crippen molar-refractivity contribution in [3.8, 4) is 5.75 Å². The summed E-state index contributed by atoms with van der Waals surface area (Å²) in [6.07, 6.45) is 0. The summed E-state index contributed by atoms with van der Waals surface area (Å²) >= 11 is 0. The number of carbonyl (C=O) groups is 2. The SMILES string of the molecule is COc1cccc([C@H]2CN(C(=O)Nc3ccc(C)cc3)C[C@H]2C(=O)NC(C)C)c1. The van der Waals surface area contributed by atoms with Crippen molar-refractivity contribution < 1.29 is 14.3 Å². The molecule has 0 aromatic heterocycles. The molecule has 2 atom stereocenters. The predicted molar refractivity (Wildman–Crippen MR) is 114 cm³/mol. The van der Waals surface area contributed by atoms with E-state index in [1.165, 1.54) is 0 Å². The van der Waals surface area contributed by atoms with E-state index in [4.69, 9.17) is 4.74 Å². The van der Waals surface area contributed by atoms with Gasteiger partial charge in [0.2, 0.25) is 5.91 Å². The molecule has 1 fully saturated rings. The lowest BCUT2D eigenvalue weighted by atomic mass is 9.88. The summed E-state index contributed by atoms with van der Waals surface area (Å²) < 4.78 is 5.34. The van der Waals surface area contributed by atoms with Gasteiger partial charge in [-0.2, -0.15) is 0 Å². The molecule has 6 heteroatoms. The first kappa shape index (κ1) is 20.7. The van der Waals surface area contributed by atoms with E-state index in [1.807, 2.05) is 69.3 Å². The number of nitrogens with zero attached hydrogens (tertiary/aromatic N) is 1. The van der Waals surface area contributed by atoms with Gasteiger partial charge in [-0.1, -0.05) is 29.8 Å². The number of methoxy groups -OCH3 is 1. The van der Waals surface area contributed by atoms with Gasteiger partial charge in [0, 0.05) is 30.7 Å². The van der Waals surface area contributed by atoms with Gasteiger partial charge in [0.05, 0.1) is 13.0 Å². The Morgan fingerprint density at radius 1 is 1.10 bits per heavy atom. The number of likely N-dealkylation sites (tertiary alicyclic amines) is 1. The summed E-state index contributed by atoms with van der Waals surface area (Å²) in [4.78, 5) is 27.4. The van der Waals surface area contributed by atoms with Crippen LogP contribution in [-0.4, -0.2) is 43.1 Å². The molecule has 0 unspecified atom stereocenters. The highest BCUT2D eigenvalue weighted by Gasteiger charge is 2.40. The number of amides is 3. The summed E-state index contributed by atoms with van der Waals surface area (Å²) in [5.41, 5.74) is 2.88. The molecule has 1 saturated heterocycles. The summed E-state index contributed by atoms with van der Waals surface area (Å²) in [7, 11) is 1.62. The van der Waals surface area contributed by atoms with Crippen LogP contribution >= 0.6 is 0 Å². The molecule has 2 aromatic carbocycles. The van der Waals surface area contributed by atoms with Crippen molar-refractivity contribution in [1.29, 1.82) is 0 Å². The molecule has 3 amide bonds. The van der Waals surface area contributed by atoms with Gasteiger partial charge < -0.3 is 20.3 Å². The third-order valence-electron chi connectivity index (χ3n) is 5.20. The molecule has 0 radical (unpaired) electrons. The smallest absolute Gasteiger partial charge is 0.321 e. The summed E-state index contributed by atoms with van der Waals surface area (Å²) in [5.74, 6) is 0.312. The minimum Gasteiger partial charge on any atom is -0.497 e.